The Hall–Kier alpha value is -2.30. The number of aromatic carboxylic acids is 1. The second kappa shape index (κ2) is 4.52. The van der Waals surface area contributed by atoms with Crippen LogP contribution in [0.4, 0.5) is 0 Å². The molecule has 5 nitrogen and oxygen atoms in total. The van der Waals surface area contributed by atoms with Crippen LogP contribution in [0.2, 0.25) is 0 Å². The Balaban J connectivity index is 2.74. The number of fused-ring (bicyclic) bond motifs is 1. The summed E-state index contributed by atoms with van der Waals surface area (Å²) in [5, 5.41) is 9.55. The summed E-state index contributed by atoms with van der Waals surface area (Å²) in [4.78, 5) is 22.5. The van der Waals surface area contributed by atoms with Crippen molar-refractivity contribution in [3.05, 3.63) is 39.7 Å². The van der Waals surface area contributed by atoms with Gasteiger partial charge in [-0.1, -0.05) is 0 Å². The van der Waals surface area contributed by atoms with Gasteiger partial charge in [0.2, 0.25) is 0 Å². The molecule has 0 aliphatic rings. The zero-order valence-corrected chi connectivity index (χ0v) is 10.0. The van der Waals surface area contributed by atoms with Crippen molar-refractivity contribution >= 4 is 16.9 Å². The largest absolute Gasteiger partial charge is 0.494 e. The van der Waals surface area contributed by atoms with Gasteiger partial charge >= 0.3 is 11.6 Å². The van der Waals surface area contributed by atoms with Gasteiger partial charge in [-0.3, -0.25) is 0 Å². The molecule has 0 aliphatic carbocycles. The summed E-state index contributed by atoms with van der Waals surface area (Å²) in [6, 6.07) is 4.98. The Labute approximate surface area is 103 Å². The summed E-state index contributed by atoms with van der Waals surface area (Å²) < 4.78 is 10.3. The number of carbonyl (C=O) groups is 1. The highest BCUT2D eigenvalue weighted by Gasteiger charge is 2.17. The average Bonchev–Trinajstić information content (AvgIpc) is 2.28. The van der Waals surface area contributed by atoms with Crippen molar-refractivity contribution in [1.29, 1.82) is 0 Å². The van der Waals surface area contributed by atoms with E-state index in [4.69, 9.17) is 14.3 Å². The fourth-order valence-electron chi connectivity index (χ4n) is 1.84. The zero-order chi connectivity index (χ0) is 13.3. The third kappa shape index (κ3) is 1.95. The molecule has 0 atom stereocenters. The van der Waals surface area contributed by atoms with Crippen molar-refractivity contribution in [2.45, 2.75) is 13.8 Å². The second-order valence-electron chi connectivity index (χ2n) is 3.79. The van der Waals surface area contributed by atoms with Crippen LogP contribution in [0.25, 0.3) is 11.0 Å². The molecule has 0 amide bonds. The van der Waals surface area contributed by atoms with Gasteiger partial charge in [0, 0.05) is 11.5 Å². The zero-order valence-electron chi connectivity index (χ0n) is 10.0. The summed E-state index contributed by atoms with van der Waals surface area (Å²) in [6.07, 6.45) is 0. The van der Waals surface area contributed by atoms with Crippen LogP contribution in [0, 0.1) is 6.92 Å². The molecule has 2 aromatic rings. The standard InChI is InChI=1S/C13H12O5/c1-3-17-8-4-5-9-7(2)11(12(14)15)13(16)18-10(9)6-8/h4-6H,3H2,1-2H3,(H,14,15). The number of hydrogen-bond donors (Lipinski definition) is 1. The van der Waals surface area contributed by atoms with Crippen LogP contribution < -0.4 is 10.4 Å². The number of aryl methyl sites for hydroxylation is 1. The number of hydrogen-bond acceptors (Lipinski definition) is 4. The van der Waals surface area contributed by atoms with Crippen LogP contribution in [-0.2, 0) is 0 Å². The van der Waals surface area contributed by atoms with Gasteiger partial charge in [0.1, 0.15) is 16.9 Å². The van der Waals surface area contributed by atoms with E-state index in [1.54, 1.807) is 25.1 Å². The Morgan fingerprint density at radius 1 is 1.44 bits per heavy atom. The highest BCUT2D eigenvalue weighted by atomic mass is 16.5. The third-order valence-corrected chi connectivity index (χ3v) is 2.66. The Bertz CT molecular complexity index is 669. The minimum atomic E-state index is -1.28. The number of rotatable bonds is 3. The lowest BCUT2D eigenvalue weighted by molar-refractivity contribution is 0.0691. The maximum Gasteiger partial charge on any atom is 0.351 e. The molecule has 0 fully saturated rings. The number of carboxylic acids is 1. The molecular formula is C13H12O5. The van der Waals surface area contributed by atoms with E-state index < -0.39 is 11.6 Å². The SMILES string of the molecule is CCOc1ccc2c(C)c(C(=O)O)c(=O)oc2c1. The fourth-order valence-corrected chi connectivity index (χ4v) is 1.84. The molecular weight excluding hydrogens is 236 g/mol. The first-order chi connectivity index (χ1) is 8.54. The van der Waals surface area contributed by atoms with Crippen molar-refractivity contribution in [1.82, 2.24) is 0 Å². The smallest absolute Gasteiger partial charge is 0.351 e. The lowest BCUT2D eigenvalue weighted by Gasteiger charge is -2.07. The molecule has 18 heavy (non-hydrogen) atoms. The van der Waals surface area contributed by atoms with E-state index in [1.807, 2.05) is 6.92 Å². The Morgan fingerprint density at radius 2 is 2.17 bits per heavy atom. The summed E-state index contributed by atoms with van der Waals surface area (Å²) in [7, 11) is 0. The predicted molar refractivity (Wildman–Crippen MR) is 65.3 cm³/mol. The van der Waals surface area contributed by atoms with E-state index in [2.05, 4.69) is 0 Å². The molecule has 0 aliphatic heterocycles. The highest BCUT2D eigenvalue weighted by molar-refractivity contribution is 5.95. The van der Waals surface area contributed by atoms with Gasteiger partial charge in [-0.25, -0.2) is 9.59 Å². The average molecular weight is 248 g/mol. The van der Waals surface area contributed by atoms with Crippen LogP contribution in [0.1, 0.15) is 22.8 Å². The Morgan fingerprint density at radius 3 is 2.78 bits per heavy atom. The molecule has 0 unspecified atom stereocenters. The maximum atomic E-state index is 11.6. The van der Waals surface area contributed by atoms with Crippen LogP contribution in [0.15, 0.2) is 27.4 Å². The molecule has 1 aromatic heterocycles. The molecule has 94 valence electrons. The molecule has 5 heteroatoms. The molecule has 2 rings (SSSR count). The molecule has 1 N–H and O–H groups in total. The van der Waals surface area contributed by atoms with Crippen molar-refractivity contribution in [3.8, 4) is 5.75 Å². The number of benzene rings is 1. The monoisotopic (exact) mass is 248 g/mol. The number of ether oxygens (including phenoxy) is 1. The van der Waals surface area contributed by atoms with Crippen LogP contribution >= 0.6 is 0 Å². The van der Waals surface area contributed by atoms with Crippen LogP contribution in [0.5, 0.6) is 5.75 Å². The van der Waals surface area contributed by atoms with E-state index in [1.165, 1.54) is 0 Å². The molecule has 0 saturated heterocycles. The van der Waals surface area contributed by atoms with Crippen LogP contribution in [-0.4, -0.2) is 17.7 Å². The first-order valence-corrected chi connectivity index (χ1v) is 5.48. The van der Waals surface area contributed by atoms with Crippen molar-refractivity contribution < 1.29 is 19.1 Å². The minimum Gasteiger partial charge on any atom is -0.494 e. The van der Waals surface area contributed by atoms with Gasteiger partial charge in [-0.2, -0.15) is 0 Å². The molecule has 0 radical (unpaired) electrons. The van der Waals surface area contributed by atoms with Crippen molar-refractivity contribution in [2.24, 2.45) is 0 Å². The maximum absolute atomic E-state index is 11.6. The van der Waals surface area contributed by atoms with E-state index in [0.717, 1.165) is 0 Å². The fraction of sp³-hybridized carbons (Fsp3) is 0.231. The van der Waals surface area contributed by atoms with E-state index in [9.17, 15) is 9.59 Å². The Kier molecular flexibility index (Phi) is 3.06. The summed E-state index contributed by atoms with van der Waals surface area (Å²) in [5.41, 5.74) is -0.446. The summed E-state index contributed by atoms with van der Waals surface area (Å²) in [5.74, 6) is -0.701. The van der Waals surface area contributed by atoms with E-state index in [0.29, 0.717) is 28.9 Å². The molecule has 1 heterocycles. The quantitative estimate of drug-likeness (QED) is 0.842. The second-order valence-corrected chi connectivity index (χ2v) is 3.79. The third-order valence-electron chi connectivity index (χ3n) is 2.66. The lowest BCUT2D eigenvalue weighted by Crippen LogP contribution is -2.15. The summed E-state index contributed by atoms with van der Waals surface area (Å²) >= 11 is 0. The van der Waals surface area contributed by atoms with Gasteiger partial charge in [-0.05, 0) is 31.5 Å². The van der Waals surface area contributed by atoms with Gasteiger partial charge < -0.3 is 14.3 Å². The van der Waals surface area contributed by atoms with Gasteiger partial charge in [-0.15, -0.1) is 0 Å². The van der Waals surface area contributed by atoms with Gasteiger partial charge in [0.25, 0.3) is 0 Å². The molecule has 0 saturated carbocycles. The van der Waals surface area contributed by atoms with Crippen LogP contribution in [0.3, 0.4) is 0 Å². The van der Waals surface area contributed by atoms with Gasteiger partial charge in [0.05, 0.1) is 6.61 Å². The lowest BCUT2D eigenvalue weighted by atomic mass is 10.1. The predicted octanol–water partition coefficient (Wildman–Crippen LogP) is 2.20. The topological polar surface area (TPSA) is 76.7 Å². The molecule has 0 bridgehead atoms. The number of carboxylic acid groups (broad SMARTS) is 1. The summed E-state index contributed by atoms with van der Waals surface area (Å²) in [6.45, 7) is 3.93. The first kappa shape index (κ1) is 12.2. The van der Waals surface area contributed by atoms with Crippen molar-refractivity contribution in [3.63, 3.8) is 0 Å². The highest BCUT2D eigenvalue weighted by Crippen LogP contribution is 2.24. The van der Waals surface area contributed by atoms with E-state index in [-0.39, 0.29) is 5.56 Å². The van der Waals surface area contributed by atoms with Gasteiger partial charge in [0.15, 0.2) is 0 Å². The molecule has 0 spiro atoms. The minimum absolute atomic E-state index is 0.327. The van der Waals surface area contributed by atoms with E-state index >= 15 is 0 Å². The molecule has 1 aromatic carbocycles. The van der Waals surface area contributed by atoms with Crippen molar-refractivity contribution in [2.75, 3.05) is 6.61 Å². The normalized spacial score (nSPS) is 10.6. The first-order valence-electron chi connectivity index (χ1n) is 5.48.